The van der Waals surface area contributed by atoms with E-state index in [1.807, 2.05) is 12.1 Å². The molecule has 0 radical (unpaired) electrons. The molecule has 0 fully saturated rings. The fourth-order valence-electron chi connectivity index (χ4n) is 1.71. The van der Waals surface area contributed by atoms with E-state index >= 15 is 0 Å². The second-order valence-electron chi connectivity index (χ2n) is 4.38. The van der Waals surface area contributed by atoms with Crippen LogP contribution in [0.4, 0.5) is 0 Å². The Balaban J connectivity index is 2.10. The van der Waals surface area contributed by atoms with E-state index in [4.69, 9.17) is 4.74 Å². The largest absolute Gasteiger partial charge is 0.466 e. The summed E-state index contributed by atoms with van der Waals surface area (Å²) in [5, 5.41) is 2.86. The number of benzene rings is 1. The summed E-state index contributed by atoms with van der Waals surface area (Å²) in [5.74, 6) is -0.214. The van der Waals surface area contributed by atoms with E-state index in [2.05, 4.69) is 21.2 Å². The molecule has 0 saturated carbocycles. The highest BCUT2D eigenvalue weighted by atomic mass is 79.9. The molecule has 20 heavy (non-hydrogen) atoms. The van der Waals surface area contributed by atoms with Gasteiger partial charge in [0.15, 0.2) is 0 Å². The molecule has 1 aromatic carbocycles. The van der Waals surface area contributed by atoms with Gasteiger partial charge in [-0.3, -0.25) is 9.59 Å². The quantitative estimate of drug-likeness (QED) is 0.583. The first-order valence-corrected chi connectivity index (χ1v) is 7.62. The summed E-state index contributed by atoms with van der Waals surface area (Å²) in [7, 11) is 0. The Labute approximate surface area is 128 Å². The molecule has 4 nitrogen and oxygen atoms in total. The van der Waals surface area contributed by atoms with Gasteiger partial charge in [0, 0.05) is 23.0 Å². The van der Waals surface area contributed by atoms with Crippen LogP contribution in [-0.2, 0) is 9.53 Å². The monoisotopic (exact) mass is 341 g/mol. The van der Waals surface area contributed by atoms with Crippen LogP contribution in [0.25, 0.3) is 0 Å². The highest BCUT2D eigenvalue weighted by Crippen LogP contribution is 2.10. The Morgan fingerprint density at radius 2 is 1.85 bits per heavy atom. The summed E-state index contributed by atoms with van der Waals surface area (Å²) < 4.78 is 5.79. The second kappa shape index (κ2) is 9.53. The number of ether oxygens (including phenoxy) is 1. The van der Waals surface area contributed by atoms with Crippen molar-refractivity contribution in [3.05, 3.63) is 34.3 Å². The molecule has 0 aliphatic heterocycles. The second-order valence-corrected chi connectivity index (χ2v) is 5.29. The average molecular weight is 342 g/mol. The number of nitrogens with one attached hydrogen (secondary N) is 1. The molecular weight excluding hydrogens is 322 g/mol. The van der Waals surface area contributed by atoms with Crippen LogP contribution >= 0.6 is 15.9 Å². The number of carbonyl (C=O) groups excluding carboxylic acids is 2. The van der Waals surface area contributed by atoms with Crippen molar-refractivity contribution in [1.82, 2.24) is 5.32 Å². The molecule has 110 valence electrons. The maximum atomic E-state index is 11.8. The van der Waals surface area contributed by atoms with Crippen molar-refractivity contribution in [3.63, 3.8) is 0 Å². The first-order chi connectivity index (χ1) is 9.63. The highest BCUT2D eigenvalue weighted by molar-refractivity contribution is 9.10. The average Bonchev–Trinajstić information content (AvgIpc) is 2.43. The molecule has 1 N–H and O–H groups in total. The number of halogens is 1. The molecule has 0 atom stereocenters. The molecule has 0 bridgehead atoms. The van der Waals surface area contributed by atoms with Gasteiger partial charge in [-0.2, -0.15) is 0 Å². The van der Waals surface area contributed by atoms with E-state index < -0.39 is 0 Å². The fourth-order valence-corrected chi connectivity index (χ4v) is 1.97. The molecule has 0 aliphatic rings. The zero-order chi connectivity index (χ0) is 14.8. The van der Waals surface area contributed by atoms with Gasteiger partial charge in [0.1, 0.15) is 0 Å². The predicted octanol–water partition coefficient (Wildman–Crippen LogP) is 3.30. The Morgan fingerprint density at radius 1 is 1.15 bits per heavy atom. The Bertz CT molecular complexity index is 431. The lowest BCUT2D eigenvalue weighted by Gasteiger charge is -2.05. The first-order valence-electron chi connectivity index (χ1n) is 6.83. The SMILES string of the molecule is CCOC(=O)CCCCCNC(=O)c1ccc(Br)cc1. The lowest BCUT2D eigenvalue weighted by atomic mass is 10.2. The summed E-state index contributed by atoms with van der Waals surface area (Å²) in [5.41, 5.74) is 0.653. The van der Waals surface area contributed by atoms with E-state index in [0.29, 0.717) is 25.1 Å². The van der Waals surface area contributed by atoms with Crippen molar-refractivity contribution in [2.75, 3.05) is 13.2 Å². The van der Waals surface area contributed by atoms with Crippen molar-refractivity contribution in [2.45, 2.75) is 32.6 Å². The highest BCUT2D eigenvalue weighted by Gasteiger charge is 2.04. The zero-order valence-corrected chi connectivity index (χ0v) is 13.2. The van der Waals surface area contributed by atoms with Crippen LogP contribution in [0.3, 0.4) is 0 Å². The van der Waals surface area contributed by atoms with Gasteiger partial charge >= 0.3 is 5.97 Å². The summed E-state index contributed by atoms with van der Waals surface area (Å²) in [4.78, 5) is 22.9. The van der Waals surface area contributed by atoms with Crippen LogP contribution in [0.5, 0.6) is 0 Å². The third-order valence-corrected chi connectivity index (χ3v) is 3.28. The van der Waals surface area contributed by atoms with Gasteiger partial charge in [0.25, 0.3) is 5.91 Å². The molecule has 0 spiro atoms. The molecule has 5 heteroatoms. The summed E-state index contributed by atoms with van der Waals surface area (Å²) in [6, 6.07) is 7.24. The van der Waals surface area contributed by atoms with Crippen molar-refractivity contribution < 1.29 is 14.3 Å². The summed E-state index contributed by atoms with van der Waals surface area (Å²) in [6.07, 6.45) is 3.02. The van der Waals surface area contributed by atoms with Crippen LogP contribution in [0.2, 0.25) is 0 Å². The third kappa shape index (κ3) is 6.70. The third-order valence-electron chi connectivity index (χ3n) is 2.75. The number of amides is 1. The molecule has 0 aromatic heterocycles. The maximum Gasteiger partial charge on any atom is 0.305 e. The number of hydrogen-bond donors (Lipinski definition) is 1. The van der Waals surface area contributed by atoms with Crippen molar-refractivity contribution in [3.8, 4) is 0 Å². The van der Waals surface area contributed by atoms with E-state index in [0.717, 1.165) is 23.7 Å². The van der Waals surface area contributed by atoms with Crippen LogP contribution in [0, 0.1) is 0 Å². The number of rotatable bonds is 8. The van der Waals surface area contributed by atoms with E-state index in [1.54, 1.807) is 19.1 Å². The number of esters is 1. The normalized spacial score (nSPS) is 10.1. The van der Waals surface area contributed by atoms with Crippen molar-refractivity contribution in [2.24, 2.45) is 0 Å². The predicted molar refractivity (Wildman–Crippen MR) is 81.6 cm³/mol. The molecule has 0 saturated heterocycles. The van der Waals surface area contributed by atoms with Gasteiger partial charge < -0.3 is 10.1 Å². The van der Waals surface area contributed by atoms with Gasteiger partial charge in [-0.1, -0.05) is 22.4 Å². The number of unbranched alkanes of at least 4 members (excludes halogenated alkanes) is 2. The minimum atomic E-state index is -0.147. The smallest absolute Gasteiger partial charge is 0.305 e. The Kier molecular flexibility index (Phi) is 7.95. The number of hydrogen-bond acceptors (Lipinski definition) is 3. The topological polar surface area (TPSA) is 55.4 Å². The molecule has 0 unspecified atom stereocenters. The van der Waals surface area contributed by atoms with E-state index in [-0.39, 0.29) is 11.9 Å². The van der Waals surface area contributed by atoms with Crippen molar-refractivity contribution >= 4 is 27.8 Å². The van der Waals surface area contributed by atoms with E-state index in [9.17, 15) is 9.59 Å². The number of carbonyl (C=O) groups is 2. The van der Waals surface area contributed by atoms with Gasteiger partial charge in [0.05, 0.1) is 6.61 Å². The summed E-state index contributed by atoms with van der Waals surface area (Å²) >= 11 is 3.33. The van der Waals surface area contributed by atoms with Crippen LogP contribution < -0.4 is 5.32 Å². The molecule has 1 rings (SSSR count). The molecule has 0 heterocycles. The van der Waals surface area contributed by atoms with Gasteiger partial charge in [-0.05, 0) is 44.0 Å². The Morgan fingerprint density at radius 3 is 2.50 bits per heavy atom. The minimum Gasteiger partial charge on any atom is -0.466 e. The lowest BCUT2D eigenvalue weighted by molar-refractivity contribution is -0.143. The molecule has 0 aliphatic carbocycles. The zero-order valence-electron chi connectivity index (χ0n) is 11.7. The molecule has 1 amide bonds. The molecule has 1 aromatic rings. The fraction of sp³-hybridized carbons (Fsp3) is 0.467. The van der Waals surface area contributed by atoms with Gasteiger partial charge in [-0.15, -0.1) is 0 Å². The first kappa shape index (κ1) is 16.7. The molecular formula is C15H20BrNO3. The van der Waals surface area contributed by atoms with Crippen LogP contribution in [0.1, 0.15) is 43.0 Å². The maximum absolute atomic E-state index is 11.8. The van der Waals surface area contributed by atoms with Crippen LogP contribution in [-0.4, -0.2) is 25.0 Å². The minimum absolute atomic E-state index is 0.0668. The van der Waals surface area contributed by atoms with Crippen molar-refractivity contribution in [1.29, 1.82) is 0 Å². The van der Waals surface area contributed by atoms with E-state index in [1.165, 1.54) is 0 Å². The van der Waals surface area contributed by atoms with Crippen LogP contribution in [0.15, 0.2) is 28.7 Å². The Hall–Kier alpha value is -1.36. The lowest BCUT2D eigenvalue weighted by Crippen LogP contribution is -2.24. The van der Waals surface area contributed by atoms with Gasteiger partial charge in [-0.25, -0.2) is 0 Å². The van der Waals surface area contributed by atoms with Gasteiger partial charge in [0.2, 0.25) is 0 Å². The summed E-state index contributed by atoms with van der Waals surface area (Å²) in [6.45, 7) is 2.86. The standard InChI is InChI=1S/C15H20BrNO3/c1-2-20-14(18)6-4-3-5-11-17-15(19)12-7-9-13(16)10-8-12/h7-10H,2-6,11H2,1H3,(H,17,19).